The van der Waals surface area contributed by atoms with Crippen LogP contribution in [-0.2, 0) is 5.88 Å². The fourth-order valence-electron chi connectivity index (χ4n) is 1.51. The van der Waals surface area contributed by atoms with Gasteiger partial charge in [-0.2, -0.15) is 0 Å². The van der Waals surface area contributed by atoms with Gasteiger partial charge in [-0.05, 0) is 29.8 Å². The minimum atomic E-state index is -0.258. The second-order valence-electron chi connectivity index (χ2n) is 3.70. The van der Waals surface area contributed by atoms with Crippen molar-refractivity contribution in [2.24, 2.45) is 0 Å². The summed E-state index contributed by atoms with van der Waals surface area (Å²) < 4.78 is 13.1. The van der Waals surface area contributed by atoms with Crippen molar-refractivity contribution in [3.05, 3.63) is 54.0 Å². The molecule has 4 heteroatoms. The fourth-order valence-corrected chi connectivity index (χ4v) is 1.67. The number of alkyl halides is 1. The zero-order valence-corrected chi connectivity index (χ0v) is 10.2. The van der Waals surface area contributed by atoms with E-state index in [-0.39, 0.29) is 5.82 Å². The van der Waals surface area contributed by atoms with E-state index < -0.39 is 0 Å². The Labute approximate surface area is 105 Å². The molecule has 1 heterocycles. The molecular weight excluding hydrogens is 239 g/mol. The van der Waals surface area contributed by atoms with Crippen molar-refractivity contribution >= 4 is 23.1 Å². The quantitative estimate of drug-likeness (QED) is 0.772. The van der Waals surface area contributed by atoms with E-state index in [1.807, 2.05) is 30.1 Å². The summed E-state index contributed by atoms with van der Waals surface area (Å²) in [6.07, 6.45) is 1.72. The summed E-state index contributed by atoms with van der Waals surface area (Å²) in [4.78, 5) is 6.10. The molecule has 2 aromatic rings. The SMILES string of the molecule is CN(c1cccc(F)c1)c1ccc(CCl)cn1. The summed E-state index contributed by atoms with van der Waals surface area (Å²) in [7, 11) is 1.84. The number of hydrogen-bond donors (Lipinski definition) is 0. The summed E-state index contributed by atoms with van der Waals surface area (Å²) in [6, 6.07) is 10.2. The monoisotopic (exact) mass is 250 g/mol. The van der Waals surface area contributed by atoms with Crippen LogP contribution in [0.15, 0.2) is 42.6 Å². The molecule has 0 fully saturated rings. The molecule has 1 aromatic heterocycles. The lowest BCUT2D eigenvalue weighted by atomic mass is 10.2. The number of benzene rings is 1. The summed E-state index contributed by atoms with van der Waals surface area (Å²) >= 11 is 5.69. The molecule has 0 saturated carbocycles. The lowest BCUT2D eigenvalue weighted by Gasteiger charge is -2.18. The molecule has 1 aromatic carbocycles. The molecular formula is C13H12ClFN2. The molecule has 0 amide bonds. The van der Waals surface area contributed by atoms with Crippen LogP contribution in [0, 0.1) is 5.82 Å². The van der Waals surface area contributed by atoms with Crippen molar-refractivity contribution in [1.82, 2.24) is 4.98 Å². The van der Waals surface area contributed by atoms with E-state index in [2.05, 4.69) is 4.98 Å². The Kier molecular flexibility index (Phi) is 3.59. The molecule has 2 rings (SSSR count). The first kappa shape index (κ1) is 11.9. The molecule has 17 heavy (non-hydrogen) atoms. The molecule has 0 radical (unpaired) electrons. The van der Waals surface area contributed by atoms with Crippen LogP contribution in [0.5, 0.6) is 0 Å². The second-order valence-corrected chi connectivity index (χ2v) is 3.96. The van der Waals surface area contributed by atoms with Crippen LogP contribution in [0.25, 0.3) is 0 Å². The third kappa shape index (κ3) is 2.74. The zero-order valence-electron chi connectivity index (χ0n) is 9.40. The van der Waals surface area contributed by atoms with Crippen molar-refractivity contribution in [1.29, 1.82) is 0 Å². The van der Waals surface area contributed by atoms with Crippen molar-refractivity contribution in [3.63, 3.8) is 0 Å². The Morgan fingerprint density at radius 2 is 2.12 bits per heavy atom. The Morgan fingerprint density at radius 1 is 1.29 bits per heavy atom. The van der Waals surface area contributed by atoms with Crippen LogP contribution >= 0.6 is 11.6 Å². The molecule has 0 saturated heterocycles. The third-order valence-electron chi connectivity index (χ3n) is 2.50. The van der Waals surface area contributed by atoms with E-state index in [0.717, 1.165) is 17.1 Å². The zero-order chi connectivity index (χ0) is 12.3. The van der Waals surface area contributed by atoms with Gasteiger partial charge in [0.05, 0.1) is 0 Å². The van der Waals surface area contributed by atoms with E-state index >= 15 is 0 Å². The van der Waals surface area contributed by atoms with Gasteiger partial charge in [0.25, 0.3) is 0 Å². The molecule has 0 unspecified atom stereocenters. The molecule has 0 spiro atoms. The molecule has 0 aliphatic heterocycles. The molecule has 88 valence electrons. The average molecular weight is 251 g/mol. The van der Waals surface area contributed by atoms with Crippen LogP contribution in [0.2, 0.25) is 0 Å². The van der Waals surface area contributed by atoms with Crippen molar-refractivity contribution in [2.75, 3.05) is 11.9 Å². The van der Waals surface area contributed by atoms with Gasteiger partial charge in [0.2, 0.25) is 0 Å². The number of hydrogen-bond acceptors (Lipinski definition) is 2. The van der Waals surface area contributed by atoms with Gasteiger partial charge < -0.3 is 4.90 Å². The summed E-state index contributed by atoms with van der Waals surface area (Å²) in [5.41, 5.74) is 1.72. The number of pyridine rings is 1. The number of rotatable bonds is 3. The van der Waals surface area contributed by atoms with Gasteiger partial charge in [-0.1, -0.05) is 12.1 Å². The van der Waals surface area contributed by atoms with Crippen LogP contribution in [0.1, 0.15) is 5.56 Å². The van der Waals surface area contributed by atoms with E-state index in [9.17, 15) is 4.39 Å². The third-order valence-corrected chi connectivity index (χ3v) is 2.81. The van der Waals surface area contributed by atoms with Crippen LogP contribution in [-0.4, -0.2) is 12.0 Å². The summed E-state index contributed by atoms with van der Waals surface area (Å²) in [5, 5.41) is 0. The predicted octanol–water partition coefficient (Wildman–Crippen LogP) is 3.73. The van der Waals surface area contributed by atoms with Crippen LogP contribution in [0.3, 0.4) is 0 Å². The number of anilines is 2. The first-order chi connectivity index (χ1) is 8.20. The minimum absolute atomic E-state index is 0.258. The maximum atomic E-state index is 13.1. The lowest BCUT2D eigenvalue weighted by Crippen LogP contribution is -2.11. The Morgan fingerprint density at radius 3 is 2.71 bits per heavy atom. The summed E-state index contributed by atoms with van der Waals surface area (Å²) in [6.45, 7) is 0. The number of halogens is 2. The first-order valence-corrected chi connectivity index (χ1v) is 5.74. The first-order valence-electron chi connectivity index (χ1n) is 5.21. The highest BCUT2D eigenvalue weighted by molar-refractivity contribution is 6.17. The van der Waals surface area contributed by atoms with Gasteiger partial charge in [0.15, 0.2) is 0 Å². The predicted molar refractivity (Wildman–Crippen MR) is 68.3 cm³/mol. The van der Waals surface area contributed by atoms with E-state index in [0.29, 0.717) is 5.88 Å². The van der Waals surface area contributed by atoms with Crippen LogP contribution in [0.4, 0.5) is 15.9 Å². The van der Waals surface area contributed by atoms with E-state index in [4.69, 9.17) is 11.6 Å². The topological polar surface area (TPSA) is 16.1 Å². The Balaban J connectivity index is 2.27. The highest BCUT2D eigenvalue weighted by Crippen LogP contribution is 2.22. The van der Waals surface area contributed by atoms with Gasteiger partial charge in [0.1, 0.15) is 11.6 Å². The van der Waals surface area contributed by atoms with Crippen molar-refractivity contribution in [3.8, 4) is 0 Å². The van der Waals surface area contributed by atoms with Gasteiger partial charge in [-0.15, -0.1) is 11.6 Å². The lowest BCUT2D eigenvalue weighted by molar-refractivity contribution is 0.628. The second kappa shape index (κ2) is 5.15. The Bertz CT molecular complexity index is 499. The van der Waals surface area contributed by atoms with Crippen molar-refractivity contribution < 1.29 is 4.39 Å². The molecule has 0 atom stereocenters. The molecule has 0 aliphatic rings. The van der Waals surface area contributed by atoms with Crippen LogP contribution < -0.4 is 4.90 Å². The van der Waals surface area contributed by atoms with Gasteiger partial charge in [-0.25, -0.2) is 9.37 Å². The summed E-state index contributed by atoms with van der Waals surface area (Å²) in [5.74, 6) is 0.938. The number of nitrogens with zero attached hydrogens (tertiary/aromatic N) is 2. The molecule has 2 nitrogen and oxygen atoms in total. The highest BCUT2D eigenvalue weighted by atomic mass is 35.5. The van der Waals surface area contributed by atoms with Gasteiger partial charge >= 0.3 is 0 Å². The minimum Gasteiger partial charge on any atom is -0.329 e. The van der Waals surface area contributed by atoms with Gasteiger partial charge in [0, 0.05) is 24.8 Å². The number of aromatic nitrogens is 1. The maximum Gasteiger partial charge on any atom is 0.132 e. The smallest absolute Gasteiger partial charge is 0.132 e. The molecule has 0 N–H and O–H groups in total. The molecule has 0 aliphatic carbocycles. The molecule has 0 bridgehead atoms. The fraction of sp³-hybridized carbons (Fsp3) is 0.154. The average Bonchev–Trinajstić information content (AvgIpc) is 2.38. The largest absolute Gasteiger partial charge is 0.329 e. The normalized spacial score (nSPS) is 10.3. The van der Waals surface area contributed by atoms with Gasteiger partial charge in [-0.3, -0.25) is 0 Å². The van der Waals surface area contributed by atoms with E-state index in [1.165, 1.54) is 12.1 Å². The maximum absolute atomic E-state index is 13.1. The van der Waals surface area contributed by atoms with E-state index in [1.54, 1.807) is 12.3 Å². The Hall–Kier alpha value is -1.61. The van der Waals surface area contributed by atoms with Crippen molar-refractivity contribution in [2.45, 2.75) is 5.88 Å². The standard InChI is InChI=1S/C13H12ClFN2/c1-17(12-4-2-3-11(15)7-12)13-6-5-10(8-14)9-16-13/h2-7,9H,8H2,1H3. The highest BCUT2D eigenvalue weighted by Gasteiger charge is 2.05.